The molecule has 3 fully saturated rings. The molecule has 2 aliphatic carbocycles. The highest BCUT2D eigenvalue weighted by atomic mass is 16.3. The molecule has 29 heavy (non-hydrogen) atoms. The fraction of sp³-hybridized carbons (Fsp3) is 0.720. The number of piperidine rings is 1. The van der Waals surface area contributed by atoms with E-state index in [0.29, 0.717) is 6.42 Å². The van der Waals surface area contributed by atoms with Gasteiger partial charge in [-0.3, -0.25) is 9.69 Å². The summed E-state index contributed by atoms with van der Waals surface area (Å²) in [6, 6.07) is 10.3. The second kappa shape index (κ2) is 9.18. The van der Waals surface area contributed by atoms with Crippen LogP contribution in [0.5, 0.6) is 0 Å². The summed E-state index contributed by atoms with van der Waals surface area (Å²) in [4.78, 5) is 15.6. The van der Waals surface area contributed by atoms with Gasteiger partial charge in [-0.15, -0.1) is 0 Å². The van der Waals surface area contributed by atoms with Gasteiger partial charge in [0.05, 0.1) is 17.7 Å². The number of benzene rings is 1. The van der Waals surface area contributed by atoms with Crippen LogP contribution < -0.4 is 5.32 Å². The Morgan fingerprint density at radius 2 is 1.72 bits per heavy atom. The number of hydrogen-bond donors (Lipinski definition) is 2. The molecule has 0 aromatic heterocycles. The third-order valence-corrected chi connectivity index (χ3v) is 7.67. The van der Waals surface area contributed by atoms with Gasteiger partial charge in [0, 0.05) is 19.0 Å². The number of nitrogens with zero attached hydrogens (tertiary/aromatic N) is 1. The lowest BCUT2D eigenvalue weighted by Crippen LogP contribution is -2.63. The first-order valence-corrected chi connectivity index (χ1v) is 11.9. The summed E-state index contributed by atoms with van der Waals surface area (Å²) < 4.78 is 0. The van der Waals surface area contributed by atoms with Crippen LogP contribution in [0.4, 0.5) is 0 Å². The van der Waals surface area contributed by atoms with Gasteiger partial charge < -0.3 is 10.4 Å². The molecule has 1 aromatic carbocycles. The highest BCUT2D eigenvalue weighted by molar-refractivity contribution is 5.79. The quantitative estimate of drug-likeness (QED) is 0.771. The molecular formula is C25H38N2O2. The average molecular weight is 399 g/mol. The Bertz CT molecular complexity index is 663. The van der Waals surface area contributed by atoms with E-state index in [2.05, 4.69) is 34.5 Å². The minimum absolute atomic E-state index is 0.0345. The summed E-state index contributed by atoms with van der Waals surface area (Å²) in [6.45, 7) is 3.88. The Hall–Kier alpha value is -1.39. The normalized spacial score (nSPS) is 32.3. The van der Waals surface area contributed by atoms with Crippen LogP contribution in [0.1, 0.15) is 82.7 Å². The number of amides is 1. The average Bonchev–Trinajstić information content (AvgIpc) is 3.27. The summed E-state index contributed by atoms with van der Waals surface area (Å²) in [6.07, 6.45) is 11.7. The zero-order valence-corrected chi connectivity index (χ0v) is 18.0. The Kier molecular flexibility index (Phi) is 6.60. The summed E-state index contributed by atoms with van der Waals surface area (Å²) in [7, 11) is 0. The Morgan fingerprint density at radius 1 is 1.07 bits per heavy atom. The van der Waals surface area contributed by atoms with Crippen LogP contribution in [0.3, 0.4) is 0 Å². The van der Waals surface area contributed by atoms with Crippen LogP contribution in [-0.4, -0.2) is 40.6 Å². The van der Waals surface area contributed by atoms with Crippen LogP contribution in [0.2, 0.25) is 0 Å². The number of carbonyl (C=O) groups excluding carboxylic acids is 1. The fourth-order valence-corrected chi connectivity index (χ4v) is 5.87. The molecule has 160 valence electrons. The third-order valence-electron chi connectivity index (χ3n) is 7.67. The summed E-state index contributed by atoms with van der Waals surface area (Å²) >= 11 is 0. The van der Waals surface area contributed by atoms with Gasteiger partial charge in [-0.05, 0) is 50.5 Å². The Labute approximate surface area is 176 Å². The summed E-state index contributed by atoms with van der Waals surface area (Å²) in [5.74, 6) is 1.01. The van der Waals surface area contributed by atoms with E-state index < -0.39 is 5.60 Å². The van der Waals surface area contributed by atoms with E-state index in [1.807, 2.05) is 13.0 Å². The lowest BCUT2D eigenvalue weighted by molar-refractivity contribution is -0.132. The van der Waals surface area contributed by atoms with Crippen molar-refractivity contribution in [3.05, 3.63) is 35.9 Å². The van der Waals surface area contributed by atoms with Crippen LogP contribution in [0.15, 0.2) is 30.3 Å². The van der Waals surface area contributed by atoms with Gasteiger partial charge in [-0.2, -0.15) is 0 Å². The molecular weight excluding hydrogens is 360 g/mol. The van der Waals surface area contributed by atoms with Crippen molar-refractivity contribution >= 4 is 5.91 Å². The topological polar surface area (TPSA) is 52.6 Å². The molecule has 0 bridgehead atoms. The largest absolute Gasteiger partial charge is 0.388 e. The van der Waals surface area contributed by atoms with E-state index in [1.54, 1.807) is 0 Å². The molecule has 1 saturated heterocycles. The smallest absolute Gasteiger partial charge is 0.223 e. The van der Waals surface area contributed by atoms with Crippen molar-refractivity contribution in [1.82, 2.24) is 10.2 Å². The minimum Gasteiger partial charge on any atom is -0.388 e. The van der Waals surface area contributed by atoms with Crippen molar-refractivity contribution in [2.24, 2.45) is 11.8 Å². The van der Waals surface area contributed by atoms with Crippen molar-refractivity contribution < 1.29 is 9.90 Å². The summed E-state index contributed by atoms with van der Waals surface area (Å²) in [5.41, 5.74) is 0.317. The first-order valence-electron chi connectivity index (χ1n) is 11.9. The van der Waals surface area contributed by atoms with E-state index in [1.165, 1.54) is 37.7 Å². The third kappa shape index (κ3) is 4.86. The molecule has 1 aliphatic heterocycles. The van der Waals surface area contributed by atoms with Crippen molar-refractivity contribution in [2.45, 2.75) is 88.8 Å². The molecule has 2 N–H and O–H groups in total. The molecule has 0 spiro atoms. The van der Waals surface area contributed by atoms with Crippen LogP contribution >= 0.6 is 0 Å². The predicted molar refractivity (Wildman–Crippen MR) is 116 cm³/mol. The van der Waals surface area contributed by atoms with Gasteiger partial charge in [0.15, 0.2) is 0 Å². The van der Waals surface area contributed by atoms with Crippen molar-refractivity contribution in [3.63, 3.8) is 0 Å². The van der Waals surface area contributed by atoms with Gasteiger partial charge >= 0.3 is 0 Å². The molecule has 3 aliphatic rings. The lowest BCUT2D eigenvalue weighted by Gasteiger charge is -2.50. The second-order valence-corrected chi connectivity index (χ2v) is 9.93. The molecule has 3 unspecified atom stereocenters. The number of carbonyl (C=O) groups is 1. The molecule has 4 heteroatoms. The number of aliphatic hydroxyl groups is 1. The van der Waals surface area contributed by atoms with E-state index in [-0.39, 0.29) is 23.9 Å². The lowest BCUT2D eigenvalue weighted by atomic mass is 9.78. The molecule has 1 amide bonds. The number of rotatable bonds is 5. The highest BCUT2D eigenvalue weighted by Crippen LogP contribution is 2.39. The Morgan fingerprint density at radius 3 is 2.41 bits per heavy atom. The van der Waals surface area contributed by atoms with Crippen LogP contribution in [0.25, 0.3) is 0 Å². The predicted octanol–water partition coefficient (Wildman–Crippen LogP) is 4.44. The van der Waals surface area contributed by atoms with Gasteiger partial charge in [0.2, 0.25) is 5.91 Å². The van der Waals surface area contributed by atoms with Crippen molar-refractivity contribution in [1.29, 1.82) is 0 Å². The first-order chi connectivity index (χ1) is 14.0. The van der Waals surface area contributed by atoms with Crippen LogP contribution in [0, 0.1) is 11.8 Å². The SMILES string of the molecule is CC1(O)CCN(CC2CCCCC2)C(c2ccccc2)C1NC(=O)C1CCCC1. The molecule has 0 radical (unpaired) electrons. The number of nitrogens with one attached hydrogen (secondary N) is 1. The summed E-state index contributed by atoms with van der Waals surface area (Å²) in [5, 5.41) is 14.7. The second-order valence-electron chi connectivity index (χ2n) is 9.93. The molecule has 1 aromatic rings. The number of likely N-dealkylation sites (tertiary alicyclic amines) is 1. The van der Waals surface area contributed by atoms with Gasteiger partial charge in [-0.1, -0.05) is 62.4 Å². The molecule has 4 rings (SSSR count). The monoisotopic (exact) mass is 398 g/mol. The zero-order valence-electron chi connectivity index (χ0n) is 18.0. The molecule has 4 nitrogen and oxygen atoms in total. The van der Waals surface area contributed by atoms with Crippen LogP contribution in [-0.2, 0) is 4.79 Å². The first kappa shape index (κ1) is 20.9. The maximum absolute atomic E-state index is 13.0. The maximum atomic E-state index is 13.0. The van der Waals surface area contributed by atoms with Crippen molar-refractivity contribution in [2.75, 3.05) is 13.1 Å². The van der Waals surface area contributed by atoms with E-state index in [0.717, 1.165) is 44.7 Å². The highest BCUT2D eigenvalue weighted by Gasteiger charge is 2.47. The fourth-order valence-electron chi connectivity index (χ4n) is 5.87. The van der Waals surface area contributed by atoms with E-state index in [4.69, 9.17) is 0 Å². The standard InChI is InChI=1S/C25H38N2O2/c1-25(29)16-17-27(18-19-10-4-2-5-11-19)22(20-12-6-3-7-13-20)23(25)26-24(28)21-14-8-9-15-21/h3,6-7,12-13,19,21-23,29H,2,4-5,8-11,14-18H2,1H3,(H,26,28). The minimum atomic E-state index is -0.891. The van der Waals surface area contributed by atoms with Gasteiger partial charge in [0.1, 0.15) is 0 Å². The van der Waals surface area contributed by atoms with Gasteiger partial charge in [-0.25, -0.2) is 0 Å². The molecule has 3 atom stereocenters. The van der Waals surface area contributed by atoms with Gasteiger partial charge in [0.25, 0.3) is 0 Å². The Balaban J connectivity index is 1.59. The molecule has 1 heterocycles. The van der Waals surface area contributed by atoms with Crippen molar-refractivity contribution in [3.8, 4) is 0 Å². The van der Waals surface area contributed by atoms with E-state index >= 15 is 0 Å². The zero-order chi connectivity index (χ0) is 20.3. The molecule has 2 saturated carbocycles. The maximum Gasteiger partial charge on any atom is 0.223 e. The number of hydrogen-bond acceptors (Lipinski definition) is 3. The van der Waals surface area contributed by atoms with E-state index in [9.17, 15) is 9.90 Å².